The molecule has 21 heavy (non-hydrogen) atoms. The van der Waals surface area contributed by atoms with E-state index in [1.54, 1.807) is 25.7 Å². The number of ether oxygens (including phenoxy) is 1. The van der Waals surface area contributed by atoms with Gasteiger partial charge in [0.1, 0.15) is 0 Å². The predicted molar refractivity (Wildman–Crippen MR) is 87.9 cm³/mol. The van der Waals surface area contributed by atoms with Gasteiger partial charge in [-0.15, -0.1) is 11.8 Å². The monoisotopic (exact) mass is 301 g/mol. The molecule has 0 saturated heterocycles. The van der Waals surface area contributed by atoms with Crippen molar-refractivity contribution >= 4 is 23.5 Å². The number of anilines is 1. The second-order valence-corrected chi connectivity index (χ2v) is 5.57. The van der Waals surface area contributed by atoms with Crippen LogP contribution in [0.15, 0.2) is 59.5 Å². The van der Waals surface area contributed by atoms with Gasteiger partial charge in [0.2, 0.25) is 0 Å². The van der Waals surface area contributed by atoms with Crippen LogP contribution in [-0.4, -0.2) is 19.7 Å². The SMILES string of the molecule is CCOC(=O)N(C)c1ccc(CSc2ccccc2)cc1. The molecule has 0 aliphatic heterocycles. The summed E-state index contributed by atoms with van der Waals surface area (Å²) in [7, 11) is 1.71. The molecule has 0 spiro atoms. The zero-order valence-corrected chi connectivity index (χ0v) is 13.1. The molecule has 0 unspecified atom stereocenters. The van der Waals surface area contributed by atoms with Crippen molar-refractivity contribution in [1.29, 1.82) is 0 Å². The molecular formula is C17H19NO2S. The third kappa shape index (κ3) is 4.53. The minimum atomic E-state index is -0.330. The quantitative estimate of drug-likeness (QED) is 0.758. The third-order valence-corrected chi connectivity index (χ3v) is 4.10. The summed E-state index contributed by atoms with van der Waals surface area (Å²) in [5.74, 6) is 0.910. The summed E-state index contributed by atoms with van der Waals surface area (Å²) in [5.41, 5.74) is 2.06. The van der Waals surface area contributed by atoms with Gasteiger partial charge >= 0.3 is 6.09 Å². The van der Waals surface area contributed by atoms with Gasteiger partial charge in [-0.25, -0.2) is 4.79 Å². The molecule has 0 aromatic heterocycles. The van der Waals surface area contributed by atoms with Gasteiger partial charge in [-0.3, -0.25) is 4.90 Å². The van der Waals surface area contributed by atoms with Crippen LogP contribution in [0.4, 0.5) is 10.5 Å². The van der Waals surface area contributed by atoms with E-state index in [1.165, 1.54) is 15.4 Å². The maximum absolute atomic E-state index is 11.6. The van der Waals surface area contributed by atoms with Crippen molar-refractivity contribution in [3.05, 3.63) is 60.2 Å². The van der Waals surface area contributed by atoms with Crippen molar-refractivity contribution in [1.82, 2.24) is 0 Å². The number of thioether (sulfide) groups is 1. The highest BCUT2D eigenvalue weighted by atomic mass is 32.2. The van der Waals surface area contributed by atoms with Crippen LogP contribution in [0.1, 0.15) is 12.5 Å². The summed E-state index contributed by atoms with van der Waals surface area (Å²) < 4.78 is 4.98. The molecule has 0 radical (unpaired) electrons. The smallest absolute Gasteiger partial charge is 0.413 e. The molecule has 2 aromatic rings. The Kier molecular flexibility index (Phi) is 5.69. The molecule has 0 saturated carbocycles. The number of nitrogens with zero attached hydrogens (tertiary/aromatic N) is 1. The van der Waals surface area contributed by atoms with E-state index in [9.17, 15) is 4.79 Å². The highest BCUT2D eigenvalue weighted by Crippen LogP contribution is 2.23. The fraction of sp³-hybridized carbons (Fsp3) is 0.235. The molecule has 0 atom stereocenters. The molecule has 0 fully saturated rings. The van der Waals surface area contributed by atoms with Gasteiger partial charge in [-0.05, 0) is 36.8 Å². The summed E-state index contributed by atoms with van der Waals surface area (Å²) in [6.45, 7) is 2.19. The van der Waals surface area contributed by atoms with E-state index in [0.717, 1.165) is 11.4 Å². The Morgan fingerprint density at radius 3 is 2.38 bits per heavy atom. The normalized spacial score (nSPS) is 10.2. The molecule has 2 rings (SSSR count). The average Bonchev–Trinajstić information content (AvgIpc) is 2.54. The Hall–Kier alpha value is -1.94. The lowest BCUT2D eigenvalue weighted by atomic mass is 10.2. The van der Waals surface area contributed by atoms with E-state index in [2.05, 4.69) is 12.1 Å². The molecule has 0 bridgehead atoms. The molecule has 0 heterocycles. The molecule has 0 aliphatic carbocycles. The van der Waals surface area contributed by atoms with E-state index >= 15 is 0 Å². The molecular weight excluding hydrogens is 282 g/mol. The van der Waals surface area contributed by atoms with Gasteiger partial charge in [0.15, 0.2) is 0 Å². The lowest BCUT2D eigenvalue weighted by Crippen LogP contribution is -2.26. The summed E-state index contributed by atoms with van der Waals surface area (Å²) >= 11 is 1.80. The lowest BCUT2D eigenvalue weighted by Gasteiger charge is -2.16. The van der Waals surface area contributed by atoms with Gasteiger partial charge in [-0.2, -0.15) is 0 Å². The highest BCUT2D eigenvalue weighted by Gasteiger charge is 2.10. The van der Waals surface area contributed by atoms with Crippen LogP contribution in [0.5, 0.6) is 0 Å². The average molecular weight is 301 g/mol. The Labute approximate surface area is 129 Å². The van der Waals surface area contributed by atoms with Gasteiger partial charge in [0.25, 0.3) is 0 Å². The van der Waals surface area contributed by atoms with E-state index in [-0.39, 0.29) is 6.09 Å². The molecule has 4 heteroatoms. The Bertz CT molecular complexity index is 569. The number of hydrogen-bond acceptors (Lipinski definition) is 3. The van der Waals surface area contributed by atoms with E-state index in [1.807, 2.05) is 42.5 Å². The first-order valence-corrected chi connectivity index (χ1v) is 7.86. The molecule has 1 amide bonds. The van der Waals surface area contributed by atoms with Crippen LogP contribution in [0, 0.1) is 0 Å². The highest BCUT2D eigenvalue weighted by molar-refractivity contribution is 7.98. The van der Waals surface area contributed by atoms with Crippen LogP contribution in [-0.2, 0) is 10.5 Å². The topological polar surface area (TPSA) is 29.5 Å². The minimum absolute atomic E-state index is 0.330. The Morgan fingerprint density at radius 2 is 1.76 bits per heavy atom. The molecule has 110 valence electrons. The van der Waals surface area contributed by atoms with E-state index < -0.39 is 0 Å². The van der Waals surface area contributed by atoms with Crippen molar-refractivity contribution in [3.8, 4) is 0 Å². The first-order valence-electron chi connectivity index (χ1n) is 6.88. The summed E-state index contributed by atoms with van der Waals surface area (Å²) in [6, 6.07) is 18.3. The molecule has 0 N–H and O–H groups in total. The number of carbonyl (C=O) groups is 1. The number of rotatable bonds is 5. The van der Waals surface area contributed by atoms with Crippen LogP contribution in [0.25, 0.3) is 0 Å². The largest absolute Gasteiger partial charge is 0.449 e. The van der Waals surface area contributed by atoms with Gasteiger partial charge < -0.3 is 4.74 Å². The molecule has 0 aliphatic rings. The van der Waals surface area contributed by atoms with Crippen LogP contribution < -0.4 is 4.90 Å². The summed E-state index contributed by atoms with van der Waals surface area (Å²) in [6.07, 6.45) is -0.330. The zero-order valence-electron chi connectivity index (χ0n) is 12.3. The third-order valence-electron chi connectivity index (χ3n) is 3.01. The standard InChI is InChI=1S/C17H19NO2S/c1-3-20-17(19)18(2)15-11-9-14(10-12-15)13-21-16-7-5-4-6-8-16/h4-12H,3,13H2,1-2H3. The Balaban J connectivity index is 1.94. The number of benzene rings is 2. The summed E-state index contributed by atoms with van der Waals surface area (Å²) in [4.78, 5) is 14.4. The van der Waals surface area contributed by atoms with E-state index in [4.69, 9.17) is 4.74 Å². The zero-order chi connectivity index (χ0) is 15.1. The Morgan fingerprint density at radius 1 is 1.10 bits per heavy atom. The molecule has 3 nitrogen and oxygen atoms in total. The van der Waals surface area contributed by atoms with Gasteiger partial charge in [0.05, 0.1) is 6.61 Å². The van der Waals surface area contributed by atoms with Crippen molar-refractivity contribution in [3.63, 3.8) is 0 Å². The second kappa shape index (κ2) is 7.74. The number of hydrogen-bond donors (Lipinski definition) is 0. The van der Waals surface area contributed by atoms with Crippen LogP contribution in [0.3, 0.4) is 0 Å². The fourth-order valence-corrected chi connectivity index (χ4v) is 2.70. The first-order chi connectivity index (χ1) is 10.2. The van der Waals surface area contributed by atoms with Crippen molar-refractivity contribution in [2.24, 2.45) is 0 Å². The predicted octanol–water partition coefficient (Wildman–Crippen LogP) is 4.57. The first kappa shape index (κ1) is 15.4. The van der Waals surface area contributed by atoms with Crippen LogP contribution >= 0.6 is 11.8 Å². The second-order valence-electron chi connectivity index (χ2n) is 4.53. The van der Waals surface area contributed by atoms with Crippen molar-refractivity contribution < 1.29 is 9.53 Å². The molecule has 2 aromatic carbocycles. The van der Waals surface area contributed by atoms with Gasteiger partial charge in [0, 0.05) is 23.4 Å². The van der Waals surface area contributed by atoms with Gasteiger partial charge in [-0.1, -0.05) is 30.3 Å². The number of carbonyl (C=O) groups excluding carboxylic acids is 1. The van der Waals surface area contributed by atoms with Crippen molar-refractivity contribution in [2.75, 3.05) is 18.6 Å². The fourth-order valence-electron chi connectivity index (χ4n) is 1.82. The minimum Gasteiger partial charge on any atom is -0.449 e. The lowest BCUT2D eigenvalue weighted by molar-refractivity contribution is 0.161. The maximum Gasteiger partial charge on any atom is 0.413 e. The van der Waals surface area contributed by atoms with E-state index in [0.29, 0.717) is 6.61 Å². The van der Waals surface area contributed by atoms with Crippen LogP contribution in [0.2, 0.25) is 0 Å². The maximum atomic E-state index is 11.6. The van der Waals surface area contributed by atoms with Crippen molar-refractivity contribution in [2.45, 2.75) is 17.6 Å². The number of amides is 1. The summed E-state index contributed by atoms with van der Waals surface area (Å²) in [5, 5.41) is 0.